The number of amides is 3. The number of halogens is 1. The molecule has 7 nitrogen and oxygen atoms in total. The number of hydrogen-bond acceptors (Lipinski definition) is 5. The van der Waals surface area contributed by atoms with Crippen LogP contribution in [0.5, 0.6) is 0 Å². The van der Waals surface area contributed by atoms with Crippen molar-refractivity contribution in [1.29, 1.82) is 5.26 Å². The molecule has 0 bridgehead atoms. The highest BCUT2D eigenvalue weighted by molar-refractivity contribution is 9.10. The second-order valence-electron chi connectivity index (χ2n) is 6.16. The van der Waals surface area contributed by atoms with Crippen LogP contribution in [0, 0.1) is 11.3 Å². The van der Waals surface area contributed by atoms with Gasteiger partial charge in [-0.15, -0.1) is 0 Å². The summed E-state index contributed by atoms with van der Waals surface area (Å²) in [4.78, 5) is 28.8. The monoisotopic (exact) mass is 405 g/mol. The fourth-order valence-electron chi connectivity index (χ4n) is 3.18. The fraction of sp³-hybridized carbons (Fsp3) is 0.471. The third kappa shape index (κ3) is 4.18. The van der Waals surface area contributed by atoms with E-state index in [0.717, 1.165) is 36.2 Å². The van der Waals surface area contributed by atoms with Crippen molar-refractivity contribution in [3.63, 3.8) is 0 Å². The molecular weight excluding hydrogens is 386 g/mol. The van der Waals surface area contributed by atoms with Gasteiger partial charge in [-0.3, -0.25) is 19.5 Å². The first kappa shape index (κ1) is 17.9. The van der Waals surface area contributed by atoms with Gasteiger partial charge >= 0.3 is 6.03 Å². The lowest BCUT2D eigenvalue weighted by Crippen LogP contribution is -2.49. The minimum atomic E-state index is -0.302. The van der Waals surface area contributed by atoms with Crippen LogP contribution in [0.15, 0.2) is 28.7 Å². The number of nitriles is 1. The van der Waals surface area contributed by atoms with E-state index in [1.807, 2.05) is 24.3 Å². The molecule has 1 aromatic carbocycles. The molecular formula is C17H20BrN5O2. The van der Waals surface area contributed by atoms with E-state index in [1.54, 1.807) is 0 Å². The van der Waals surface area contributed by atoms with Gasteiger partial charge in [-0.05, 0) is 17.7 Å². The molecule has 2 aliphatic heterocycles. The number of piperazine rings is 1. The minimum Gasteiger partial charge on any atom is -0.329 e. The lowest BCUT2D eigenvalue weighted by atomic mass is 10.1. The van der Waals surface area contributed by atoms with Crippen molar-refractivity contribution >= 4 is 27.9 Å². The number of imide groups is 1. The third-order valence-electron chi connectivity index (χ3n) is 4.66. The number of nitrogens with zero attached hydrogens (tertiary/aromatic N) is 4. The van der Waals surface area contributed by atoms with Gasteiger partial charge in [0.1, 0.15) is 6.04 Å². The number of urea groups is 1. The van der Waals surface area contributed by atoms with Gasteiger partial charge in [0.05, 0.1) is 12.6 Å². The molecule has 1 N–H and O–H groups in total. The average molecular weight is 406 g/mol. The van der Waals surface area contributed by atoms with Gasteiger partial charge in [-0.25, -0.2) is 4.79 Å². The third-order valence-corrected chi connectivity index (χ3v) is 5.19. The van der Waals surface area contributed by atoms with Gasteiger partial charge in [0.25, 0.3) is 0 Å². The van der Waals surface area contributed by atoms with Crippen LogP contribution in [0.4, 0.5) is 4.79 Å². The zero-order valence-corrected chi connectivity index (χ0v) is 15.4. The first-order chi connectivity index (χ1) is 12.1. The first-order valence-electron chi connectivity index (χ1n) is 8.28. The maximum atomic E-state index is 11.6. The summed E-state index contributed by atoms with van der Waals surface area (Å²) in [7, 11) is 0. The van der Waals surface area contributed by atoms with Gasteiger partial charge in [0, 0.05) is 43.7 Å². The molecule has 0 aromatic heterocycles. The Balaban J connectivity index is 1.51. The van der Waals surface area contributed by atoms with Crippen molar-refractivity contribution in [2.45, 2.75) is 6.04 Å². The van der Waals surface area contributed by atoms with Crippen LogP contribution < -0.4 is 5.32 Å². The second-order valence-corrected chi connectivity index (χ2v) is 7.08. The predicted molar refractivity (Wildman–Crippen MR) is 95.6 cm³/mol. The van der Waals surface area contributed by atoms with Gasteiger partial charge in [-0.2, -0.15) is 5.26 Å². The summed E-state index contributed by atoms with van der Waals surface area (Å²) in [5, 5.41) is 12.1. The molecule has 2 fully saturated rings. The summed E-state index contributed by atoms with van der Waals surface area (Å²) in [6, 6.07) is 9.70. The summed E-state index contributed by atoms with van der Waals surface area (Å²) in [6.45, 7) is 4.39. The van der Waals surface area contributed by atoms with Crippen molar-refractivity contribution in [2.24, 2.45) is 0 Å². The molecule has 0 saturated carbocycles. The number of rotatable bonds is 5. The van der Waals surface area contributed by atoms with E-state index in [1.165, 1.54) is 4.90 Å². The van der Waals surface area contributed by atoms with E-state index < -0.39 is 0 Å². The van der Waals surface area contributed by atoms with Crippen LogP contribution in [0.1, 0.15) is 11.6 Å². The lowest BCUT2D eigenvalue weighted by molar-refractivity contribution is -0.125. The van der Waals surface area contributed by atoms with Crippen LogP contribution >= 0.6 is 15.9 Å². The van der Waals surface area contributed by atoms with Crippen LogP contribution in [-0.4, -0.2) is 72.5 Å². The Hall–Kier alpha value is -1.95. The first-order valence-corrected chi connectivity index (χ1v) is 9.07. The van der Waals surface area contributed by atoms with Gasteiger partial charge in [0.15, 0.2) is 0 Å². The molecule has 2 saturated heterocycles. The number of benzene rings is 1. The lowest BCUT2D eigenvalue weighted by Gasteiger charge is -2.37. The zero-order chi connectivity index (χ0) is 17.8. The molecule has 25 heavy (non-hydrogen) atoms. The maximum Gasteiger partial charge on any atom is 0.324 e. The van der Waals surface area contributed by atoms with Gasteiger partial charge in [-0.1, -0.05) is 28.1 Å². The highest BCUT2D eigenvalue weighted by Gasteiger charge is 2.29. The highest BCUT2D eigenvalue weighted by atomic mass is 79.9. The molecule has 8 heteroatoms. The van der Waals surface area contributed by atoms with Crippen LogP contribution in [0.2, 0.25) is 0 Å². The molecule has 0 unspecified atom stereocenters. The smallest absolute Gasteiger partial charge is 0.324 e. The summed E-state index contributed by atoms with van der Waals surface area (Å²) in [5.41, 5.74) is 0.999. The topological polar surface area (TPSA) is 79.7 Å². The number of hydrogen-bond donors (Lipinski definition) is 1. The Bertz CT molecular complexity index is 663. The number of nitrogens with one attached hydrogen (secondary N) is 1. The van der Waals surface area contributed by atoms with E-state index in [4.69, 9.17) is 0 Å². The van der Waals surface area contributed by atoms with Crippen LogP contribution in [0.3, 0.4) is 0 Å². The molecule has 2 aliphatic rings. The van der Waals surface area contributed by atoms with Gasteiger partial charge < -0.3 is 5.32 Å². The molecule has 1 aromatic rings. The summed E-state index contributed by atoms with van der Waals surface area (Å²) in [6.07, 6.45) is 0. The van der Waals surface area contributed by atoms with E-state index >= 15 is 0 Å². The van der Waals surface area contributed by atoms with E-state index in [-0.39, 0.29) is 24.5 Å². The Morgan fingerprint density at radius 1 is 1.12 bits per heavy atom. The molecule has 0 radical (unpaired) electrons. The SMILES string of the molecule is N#C[C@H](c1ccc(Br)cc1)N1CCN(CCN2C(=O)CNC2=O)CC1. The minimum absolute atomic E-state index is 0.101. The van der Waals surface area contributed by atoms with Crippen molar-refractivity contribution in [3.05, 3.63) is 34.3 Å². The van der Waals surface area contributed by atoms with Crippen molar-refractivity contribution in [3.8, 4) is 6.07 Å². The Morgan fingerprint density at radius 3 is 2.36 bits per heavy atom. The van der Waals surface area contributed by atoms with Crippen molar-refractivity contribution in [1.82, 2.24) is 20.0 Å². The highest BCUT2D eigenvalue weighted by Crippen LogP contribution is 2.23. The molecule has 1 atom stereocenters. The second kappa shape index (κ2) is 7.95. The van der Waals surface area contributed by atoms with Crippen LogP contribution in [0.25, 0.3) is 0 Å². The maximum absolute atomic E-state index is 11.6. The zero-order valence-electron chi connectivity index (χ0n) is 13.8. The number of carbonyl (C=O) groups is 2. The summed E-state index contributed by atoms with van der Waals surface area (Å²) < 4.78 is 0.998. The van der Waals surface area contributed by atoms with Gasteiger partial charge in [0.2, 0.25) is 5.91 Å². The fourth-order valence-corrected chi connectivity index (χ4v) is 3.44. The summed E-state index contributed by atoms with van der Waals surface area (Å²) >= 11 is 3.41. The van der Waals surface area contributed by atoms with E-state index in [9.17, 15) is 14.9 Å². The molecule has 132 valence electrons. The summed E-state index contributed by atoms with van der Waals surface area (Å²) in [5.74, 6) is -0.164. The molecule has 3 rings (SSSR count). The molecule has 3 amide bonds. The van der Waals surface area contributed by atoms with E-state index in [2.05, 4.69) is 37.1 Å². The predicted octanol–water partition coefficient (Wildman–Crippen LogP) is 1.18. The average Bonchev–Trinajstić information content (AvgIpc) is 2.94. The largest absolute Gasteiger partial charge is 0.329 e. The Kier molecular flexibility index (Phi) is 5.68. The Labute approximate surface area is 155 Å². The number of carbonyl (C=O) groups excluding carboxylic acids is 2. The normalized spacial score (nSPS) is 20.4. The molecule has 2 heterocycles. The van der Waals surface area contributed by atoms with Crippen molar-refractivity contribution in [2.75, 3.05) is 45.8 Å². The van der Waals surface area contributed by atoms with Crippen molar-refractivity contribution < 1.29 is 9.59 Å². The molecule has 0 spiro atoms. The quantitative estimate of drug-likeness (QED) is 0.744. The molecule has 0 aliphatic carbocycles. The van der Waals surface area contributed by atoms with Crippen LogP contribution in [-0.2, 0) is 4.79 Å². The van der Waals surface area contributed by atoms with E-state index in [0.29, 0.717) is 13.1 Å². The Morgan fingerprint density at radius 2 is 1.80 bits per heavy atom. The standard InChI is InChI=1S/C17H20BrN5O2/c18-14-3-1-13(2-4-14)15(11-19)22-8-5-21(6-9-22)7-10-23-16(24)12-20-17(23)25/h1-4,15H,5-10,12H2,(H,20,25)/t15-/m1/s1.